The molecule has 0 aromatic carbocycles. The van der Waals surface area contributed by atoms with Crippen molar-refractivity contribution in [2.24, 2.45) is 7.05 Å². The van der Waals surface area contributed by atoms with Crippen LogP contribution < -0.4 is 0 Å². The van der Waals surface area contributed by atoms with Gasteiger partial charge in [-0.1, -0.05) is 0 Å². The van der Waals surface area contributed by atoms with Gasteiger partial charge in [-0.05, 0) is 12.1 Å². The van der Waals surface area contributed by atoms with Gasteiger partial charge in [-0.3, -0.25) is 4.57 Å². The number of nitrogens with zero attached hydrogens (tertiary/aromatic N) is 4. The first-order chi connectivity index (χ1) is 13.1. The Labute approximate surface area is 153 Å². The second-order valence-corrected chi connectivity index (χ2v) is 6.70. The standard InChI is InChI=1S/C18H18N4O5/c1-21-4-2-10-12-13(9-3-5-26-7-9)19-8-20-16(12)22(17(10)21)18-15(25)14(24)11(6-23)27-18/h2-5,7-8,11,14-15,18,23-25H,6H2,1H3/t11-,14-,15-,18-/m1/s1. The van der Waals surface area contributed by atoms with E-state index in [-0.39, 0.29) is 6.61 Å². The quantitative estimate of drug-likeness (QED) is 0.488. The number of rotatable bonds is 3. The molecule has 0 saturated carbocycles. The van der Waals surface area contributed by atoms with Crippen molar-refractivity contribution in [1.29, 1.82) is 0 Å². The van der Waals surface area contributed by atoms with Crippen LogP contribution in [0.4, 0.5) is 0 Å². The van der Waals surface area contributed by atoms with E-state index < -0.39 is 24.5 Å². The summed E-state index contributed by atoms with van der Waals surface area (Å²) in [5.41, 5.74) is 2.85. The number of hydrogen-bond acceptors (Lipinski definition) is 7. The minimum Gasteiger partial charge on any atom is -0.472 e. The van der Waals surface area contributed by atoms with Crippen molar-refractivity contribution in [1.82, 2.24) is 19.1 Å². The summed E-state index contributed by atoms with van der Waals surface area (Å²) in [6.45, 7) is -0.389. The molecule has 9 heteroatoms. The lowest BCUT2D eigenvalue weighted by molar-refractivity contribution is -0.0493. The second-order valence-electron chi connectivity index (χ2n) is 6.70. The van der Waals surface area contributed by atoms with Gasteiger partial charge in [0.1, 0.15) is 35.9 Å². The molecule has 9 nitrogen and oxygen atoms in total. The van der Waals surface area contributed by atoms with Gasteiger partial charge >= 0.3 is 0 Å². The average Bonchev–Trinajstić information content (AvgIpc) is 3.43. The average molecular weight is 370 g/mol. The molecule has 0 spiro atoms. The van der Waals surface area contributed by atoms with Gasteiger partial charge in [0.2, 0.25) is 0 Å². The lowest BCUT2D eigenvalue weighted by atomic mass is 10.1. The maximum absolute atomic E-state index is 10.6. The van der Waals surface area contributed by atoms with Gasteiger partial charge in [0.05, 0.1) is 30.2 Å². The van der Waals surface area contributed by atoms with Crippen LogP contribution in [0.1, 0.15) is 6.23 Å². The van der Waals surface area contributed by atoms with Crippen LogP contribution in [0.2, 0.25) is 0 Å². The SMILES string of the molecule is Cn1ccc2c3c(-c4ccoc4)ncnc3n([C@@H]3O[C@H](CO)[C@@H](O)[C@H]3O)c21. The highest BCUT2D eigenvalue weighted by molar-refractivity contribution is 6.12. The number of fused-ring (bicyclic) bond motifs is 3. The van der Waals surface area contributed by atoms with E-state index in [0.717, 1.165) is 22.0 Å². The summed E-state index contributed by atoms with van der Waals surface area (Å²) < 4.78 is 14.6. The Hall–Kier alpha value is -2.72. The number of aliphatic hydroxyl groups is 3. The Morgan fingerprint density at radius 3 is 2.74 bits per heavy atom. The predicted octanol–water partition coefficient (Wildman–Crippen LogP) is 0.794. The number of ether oxygens (including phenoxy) is 1. The Morgan fingerprint density at radius 2 is 2.04 bits per heavy atom. The molecular formula is C18H18N4O5. The highest BCUT2D eigenvalue weighted by Crippen LogP contribution is 2.40. The van der Waals surface area contributed by atoms with Crippen molar-refractivity contribution in [2.45, 2.75) is 24.5 Å². The molecular weight excluding hydrogens is 352 g/mol. The Morgan fingerprint density at radius 1 is 1.19 bits per heavy atom. The number of furan rings is 1. The van der Waals surface area contributed by atoms with Crippen molar-refractivity contribution in [3.05, 3.63) is 37.2 Å². The molecule has 0 radical (unpaired) electrons. The molecule has 3 N–H and O–H groups in total. The molecule has 1 aliphatic heterocycles. The van der Waals surface area contributed by atoms with Gasteiger partial charge < -0.3 is 29.0 Å². The second kappa shape index (κ2) is 5.89. The summed E-state index contributed by atoms with van der Waals surface area (Å²) in [7, 11) is 1.88. The first-order valence-corrected chi connectivity index (χ1v) is 8.56. The molecule has 140 valence electrons. The Bertz CT molecular complexity index is 1120. The first-order valence-electron chi connectivity index (χ1n) is 8.56. The van der Waals surface area contributed by atoms with Crippen LogP contribution in [0.25, 0.3) is 33.3 Å². The van der Waals surface area contributed by atoms with Crippen LogP contribution >= 0.6 is 0 Å². The lowest BCUT2D eigenvalue weighted by Crippen LogP contribution is -2.33. The van der Waals surface area contributed by atoms with Gasteiger partial charge in [-0.25, -0.2) is 9.97 Å². The third-order valence-electron chi connectivity index (χ3n) is 5.16. The molecule has 0 amide bonds. The summed E-state index contributed by atoms with van der Waals surface area (Å²) in [4.78, 5) is 8.86. The fourth-order valence-corrected chi connectivity index (χ4v) is 3.88. The molecule has 0 bridgehead atoms. The van der Waals surface area contributed by atoms with Crippen LogP contribution in [-0.2, 0) is 11.8 Å². The fraction of sp³-hybridized carbons (Fsp3) is 0.333. The van der Waals surface area contributed by atoms with Gasteiger partial charge in [0, 0.05) is 24.2 Å². The minimum atomic E-state index is -1.21. The molecule has 5 rings (SSSR count). The number of aromatic nitrogens is 4. The predicted molar refractivity (Wildman–Crippen MR) is 94.7 cm³/mol. The highest BCUT2D eigenvalue weighted by atomic mass is 16.6. The maximum Gasteiger partial charge on any atom is 0.166 e. The molecule has 4 aromatic heterocycles. The van der Waals surface area contributed by atoms with E-state index in [9.17, 15) is 15.3 Å². The van der Waals surface area contributed by atoms with Crippen LogP contribution in [-0.4, -0.2) is 59.3 Å². The van der Waals surface area contributed by atoms with E-state index in [0.29, 0.717) is 11.3 Å². The van der Waals surface area contributed by atoms with Crippen molar-refractivity contribution < 1.29 is 24.5 Å². The van der Waals surface area contributed by atoms with Crippen molar-refractivity contribution in [2.75, 3.05) is 6.61 Å². The van der Waals surface area contributed by atoms with E-state index in [4.69, 9.17) is 9.15 Å². The fourth-order valence-electron chi connectivity index (χ4n) is 3.88. The third-order valence-corrected chi connectivity index (χ3v) is 5.16. The summed E-state index contributed by atoms with van der Waals surface area (Å²) in [5, 5.41) is 31.9. The van der Waals surface area contributed by atoms with Crippen molar-refractivity contribution in [3.63, 3.8) is 0 Å². The lowest BCUT2D eigenvalue weighted by Gasteiger charge is -2.19. The molecule has 1 fully saturated rings. The van der Waals surface area contributed by atoms with Crippen molar-refractivity contribution in [3.8, 4) is 11.3 Å². The largest absolute Gasteiger partial charge is 0.472 e. The molecule has 27 heavy (non-hydrogen) atoms. The Kier molecular flexibility index (Phi) is 3.59. The molecule has 4 atom stereocenters. The summed E-state index contributed by atoms with van der Waals surface area (Å²) in [6, 6.07) is 3.77. The minimum absolute atomic E-state index is 0.389. The number of hydrogen-bond donors (Lipinski definition) is 3. The molecule has 1 aliphatic rings. The zero-order chi connectivity index (χ0) is 18.7. The molecule has 1 saturated heterocycles. The molecule has 0 unspecified atom stereocenters. The van der Waals surface area contributed by atoms with Crippen molar-refractivity contribution >= 4 is 22.1 Å². The van der Waals surface area contributed by atoms with E-state index in [2.05, 4.69) is 9.97 Å². The van der Waals surface area contributed by atoms with E-state index in [1.54, 1.807) is 17.1 Å². The highest BCUT2D eigenvalue weighted by Gasteiger charge is 2.45. The normalized spacial score (nSPS) is 25.8. The van der Waals surface area contributed by atoms with Gasteiger partial charge in [0.15, 0.2) is 6.23 Å². The third kappa shape index (κ3) is 2.20. The van der Waals surface area contributed by atoms with Gasteiger partial charge in [0.25, 0.3) is 0 Å². The van der Waals surface area contributed by atoms with E-state index in [1.807, 2.05) is 29.9 Å². The molecule has 5 heterocycles. The summed E-state index contributed by atoms with van der Waals surface area (Å²) >= 11 is 0. The van der Waals surface area contributed by atoms with Crippen LogP contribution in [0.15, 0.2) is 41.6 Å². The molecule has 0 aliphatic carbocycles. The smallest absolute Gasteiger partial charge is 0.166 e. The van der Waals surface area contributed by atoms with E-state index >= 15 is 0 Å². The zero-order valence-electron chi connectivity index (χ0n) is 14.4. The van der Waals surface area contributed by atoms with Gasteiger partial charge in [-0.2, -0.15) is 0 Å². The van der Waals surface area contributed by atoms with Crippen LogP contribution in [0.5, 0.6) is 0 Å². The van der Waals surface area contributed by atoms with Crippen LogP contribution in [0.3, 0.4) is 0 Å². The van der Waals surface area contributed by atoms with E-state index in [1.165, 1.54) is 6.33 Å². The summed E-state index contributed by atoms with van der Waals surface area (Å²) in [6.07, 6.45) is 2.38. The maximum atomic E-state index is 10.6. The monoisotopic (exact) mass is 370 g/mol. The number of aryl methyl sites for hydroxylation is 1. The molecule has 4 aromatic rings. The Balaban J connectivity index is 1.82. The summed E-state index contributed by atoms with van der Waals surface area (Å²) in [5.74, 6) is 0. The zero-order valence-corrected chi connectivity index (χ0v) is 14.4. The van der Waals surface area contributed by atoms with Gasteiger partial charge in [-0.15, -0.1) is 0 Å². The number of aliphatic hydroxyl groups excluding tert-OH is 3. The van der Waals surface area contributed by atoms with Crippen LogP contribution in [0, 0.1) is 0 Å². The first kappa shape index (κ1) is 16.5. The topological polar surface area (TPSA) is 119 Å².